The van der Waals surface area contributed by atoms with Crippen LogP contribution < -0.4 is 4.84 Å². The van der Waals surface area contributed by atoms with Gasteiger partial charge in [-0.25, -0.2) is 4.79 Å². The summed E-state index contributed by atoms with van der Waals surface area (Å²) >= 11 is 0. The maximum atomic E-state index is 11.7. The molecule has 0 unspecified atom stereocenters. The summed E-state index contributed by atoms with van der Waals surface area (Å²) in [5, 5.41) is 3.88. The van der Waals surface area contributed by atoms with E-state index < -0.39 is 5.97 Å². The number of oxime groups is 1. The molecule has 0 aromatic heterocycles. The number of para-hydroxylation sites is 1. The first kappa shape index (κ1) is 12.8. The maximum absolute atomic E-state index is 11.7. The number of ether oxygens (including phenoxy) is 1. The number of hydrogen-bond donors (Lipinski definition) is 0. The number of benzene rings is 2. The summed E-state index contributed by atoms with van der Waals surface area (Å²) in [7, 11) is 1.31. The van der Waals surface area contributed by atoms with Gasteiger partial charge in [-0.2, -0.15) is 0 Å². The molecule has 0 atom stereocenters. The Morgan fingerprint density at radius 3 is 2.11 bits per heavy atom. The van der Waals surface area contributed by atoms with Crippen molar-refractivity contribution in [1.82, 2.24) is 0 Å². The van der Waals surface area contributed by atoms with Crippen molar-refractivity contribution in [2.45, 2.75) is 0 Å². The molecule has 4 nitrogen and oxygen atoms in total. The number of rotatable bonds is 4. The Morgan fingerprint density at radius 2 is 1.53 bits per heavy atom. The zero-order chi connectivity index (χ0) is 13.5. The first-order valence-corrected chi connectivity index (χ1v) is 5.75. The van der Waals surface area contributed by atoms with Gasteiger partial charge in [-0.05, 0) is 12.1 Å². The summed E-state index contributed by atoms with van der Waals surface area (Å²) in [5.74, 6) is 0.0157. The fourth-order valence-corrected chi connectivity index (χ4v) is 1.48. The minimum Gasteiger partial charge on any atom is -0.464 e. The van der Waals surface area contributed by atoms with Crippen molar-refractivity contribution < 1.29 is 14.4 Å². The molecule has 0 aliphatic rings. The van der Waals surface area contributed by atoms with Crippen molar-refractivity contribution in [1.29, 1.82) is 0 Å². The standard InChI is InChI=1S/C15H13NO3/c1-18-15(17)14(12-8-4-2-5-9-12)16-19-13-10-6-3-7-11-13/h2-11H,1H3. The SMILES string of the molecule is COC(=O)C(=NOc1ccccc1)c1ccccc1. The van der Waals surface area contributed by atoms with E-state index in [1.807, 2.05) is 36.4 Å². The van der Waals surface area contributed by atoms with Gasteiger partial charge >= 0.3 is 5.97 Å². The molecule has 0 spiro atoms. The molecule has 2 aromatic carbocycles. The van der Waals surface area contributed by atoms with Crippen LogP contribution in [0.1, 0.15) is 5.56 Å². The highest BCUT2D eigenvalue weighted by Crippen LogP contribution is 2.10. The van der Waals surface area contributed by atoms with E-state index in [1.165, 1.54) is 7.11 Å². The van der Waals surface area contributed by atoms with Gasteiger partial charge in [0.25, 0.3) is 0 Å². The topological polar surface area (TPSA) is 47.9 Å². The average molecular weight is 255 g/mol. The van der Waals surface area contributed by atoms with E-state index in [4.69, 9.17) is 9.57 Å². The highest BCUT2D eigenvalue weighted by atomic mass is 16.6. The summed E-state index contributed by atoms with van der Waals surface area (Å²) in [6.45, 7) is 0. The predicted octanol–water partition coefficient (Wildman–Crippen LogP) is 2.64. The Hall–Kier alpha value is -2.62. The van der Waals surface area contributed by atoms with Gasteiger partial charge in [0.1, 0.15) is 0 Å². The minimum atomic E-state index is -0.540. The van der Waals surface area contributed by atoms with E-state index >= 15 is 0 Å². The van der Waals surface area contributed by atoms with Gasteiger partial charge in [-0.1, -0.05) is 53.7 Å². The highest BCUT2D eigenvalue weighted by molar-refractivity contribution is 6.43. The molecule has 0 fully saturated rings. The third-order valence-corrected chi connectivity index (χ3v) is 2.41. The van der Waals surface area contributed by atoms with Crippen LogP contribution in [0.25, 0.3) is 0 Å². The first-order chi connectivity index (χ1) is 9.31. The summed E-state index contributed by atoms with van der Waals surface area (Å²) in [5.41, 5.74) is 0.775. The molecule has 0 radical (unpaired) electrons. The van der Waals surface area contributed by atoms with Crippen LogP contribution in [0.4, 0.5) is 0 Å². The Kier molecular flexibility index (Phi) is 4.29. The van der Waals surface area contributed by atoms with E-state index in [9.17, 15) is 4.79 Å². The quantitative estimate of drug-likeness (QED) is 0.479. The van der Waals surface area contributed by atoms with Crippen LogP contribution in [-0.4, -0.2) is 18.8 Å². The Bertz CT molecular complexity index is 564. The van der Waals surface area contributed by atoms with Gasteiger partial charge in [0.05, 0.1) is 7.11 Å². The van der Waals surface area contributed by atoms with E-state index in [-0.39, 0.29) is 5.71 Å². The third kappa shape index (κ3) is 3.42. The molecular weight excluding hydrogens is 242 g/mol. The fraction of sp³-hybridized carbons (Fsp3) is 0.0667. The molecule has 0 aliphatic heterocycles. The van der Waals surface area contributed by atoms with Crippen molar-refractivity contribution in [3.05, 3.63) is 66.2 Å². The zero-order valence-electron chi connectivity index (χ0n) is 10.4. The molecule has 2 rings (SSSR count). The van der Waals surface area contributed by atoms with Gasteiger partial charge in [-0.3, -0.25) is 0 Å². The van der Waals surface area contributed by atoms with Crippen molar-refractivity contribution in [3.8, 4) is 5.75 Å². The number of nitrogens with zero attached hydrogens (tertiary/aromatic N) is 1. The lowest BCUT2D eigenvalue weighted by atomic mass is 10.1. The zero-order valence-corrected chi connectivity index (χ0v) is 10.4. The molecule has 0 N–H and O–H groups in total. The van der Waals surface area contributed by atoms with Gasteiger partial charge in [0.2, 0.25) is 0 Å². The van der Waals surface area contributed by atoms with Crippen LogP contribution in [0.5, 0.6) is 5.75 Å². The molecule has 0 amide bonds. The second kappa shape index (κ2) is 6.35. The number of esters is 1. The van der Waals surface area contributed by atoms with Gasteiger partial charge < -0.3 is 9.57 Å². The average Bonchev–Trinajstić information content (AvgIpc) is 2.49. The Balaban J connectivity index is 2.26. The van der Waals surface area contributed by atoms with Crippen LogP contribution in [-0.2, 0) is 9.53 Å². The largest absolute Gasteiger partial charge is 0.464 e. The molecule has 0 saturated heterocycles. The van der Waals surface area contributed by atoms with E-state index in [0.717, 1.165) is 0 Å². The van der Waals surface area contributed by atoms with E-state index in [1.54, 1.807) is 24.3 Å². The first-order valence-electron chi connectivity index (χ1n) is 5.75. The van der Waals surface area contributed by atoms with Crippen molar-refractivity contribution >= 4 is 11.7 Å². The summed E-state index contributed by atoms with van der Waals surface area (Å²) < 4.78 is 4.71. The van der Waals surface area contributed by atoms with Crippen LogP contribution in [0.2, 0.25) is 0 Å². The lowest BCUT2D eigenvalue weighted by Crippen LogP contribution is -2.18. The second-order valence-electron chi connectivity index (χ2n) is 3.70. The van der Waals surface area contributed by atoms with Crippen LogP contribution in [0, 0.1) is 0 Å². The third-order valence-electron chi connectivity index (χ3n) is 2.41. The monoisotopic (exact) mass is 255 g/mol. The smallest absolute Gasteiger partial charge is 0.360 e. The lowest BCUT2D eigenvalue weighted by Gasteiger charge is -2.04. The maximum Gasteiger partial charge on any atom is 0.360 e. The summed E-state index contributed by atoms with van der Waals surface area (Å²) in [4.78, 5) is 16.9. The molecule has 96 valence electrons. The highest BCUT2D eigenvalue weighted by Gasteiger charge is 2.15. The lowest BCUT2D eigenvalue weighted by molar-refractivity contribution is -0.132. The van der Waals surface area contributed by atoms with Gasteiger partial charge in [0.15, 0.2) is 11.5 Å². The van der Waals surface area contributed by atoms with Crippen LogP contribution >= 0.6 is 0 Å². The molecule has 0 aliphatic carbocycles. The van der Waals surface area contributed by atoms with Gasteiger partial charge in [0, 0.05) is 5.56 Å². The van der Waals surface area contributed by atoms with Crippen molar-refractivity contribution in [3.63, 3.8) is 0 Å². The predicted molar refractivity (Wildman–Crippen MR) is 72.1 cm³/mol. The van der Waals surface area contributed by atoms with Gasteiger partial charge in [-0.15, -0.1) is 0 Å². The molecule has 4 heteroatoms. The Morgan fingerprint density at radius 1 is 0.947 bits per heavy atom. The number of methoxy groups -OCH3 is 1. The number of carbonyl (C=O) groups is 1. The summed E-state index contributed by atoms with van der Waals surface area (Å²) in [6.07, 6.45) is 0. The Labute approximate surface area is 111 Å². The minimum absolute atomic E-state index is 0.131. The van der Waals surface area contributed by atoms with Crippen LogP contribution in [0.3, 0.4) is 0 Å². The molecule has 0 bridgehead atoms. The van der Waals surface area contributed by atoms with E-state index in [0.29, 0.717) is 11.3 Å². The summed E-state index contributed by atoms with van der Waals surface area (Å²) in [6, 6.07) is 18.1. The van der Waals surface area contributed by atoms with Crippen molar-refractivity contribution in [2.75, 3.05) is 7.11 Å². The fourth-order valence-electron chi connectivity index (χ4n) is 1.48. The molecule has 2 aromatic rings. The number of hydrogen-bond acceptors (Lipinski definition) is 4. The van der Waals surface area contributed by atoms with E-state index in [2.05, 4.69) is 5.16 Å². The molecule has 0 heterocycles. The normalized spacial score (nSPS) is 10.9. The number of carbonyl (C=O) groups excluding carboxylic acids is 1. The second-order valence-corrected chi connectivity index (χ2v) is 3.70. The van der Waals surface area contributed by atoms with Crippen LogP contribution in [0.15, 0.2) is 65.8 Å². The van der Waals surface area contributed by atoms with Crippen molar-refractivity contribution in [2.24, 2.45) is 5.16 Å². The molecule has 0 saturated carbocycles. The molecular formula is C15H13NO3. The molecule has 19 heavy (non-hydrogen) atoms.